The van der Waals surface area contributed by atoms with Crippen LogP contribution in [0.25, 0.3) is 5.88 Å². The molecule has 2 aromatic rings. The lowest BCUT2D eigenvalue weighted by Gasteiger charge is -2.15. The third-order valence-electron chi connectivity index (χ3n) is 4.06. The molecular formula is C18H18ClFN5O7PS. The van der Waals surface area contributed by atoms with Gasteiger partial charge in [-0.3, -0.25) is 9.32 Å². The minimum absolute atomic E-state index is 0.0465. The number of ether oxygens (including phenoxy) is 3. The summed E-state index contributed by atoms with van der Waals surface area (Å²) in [6.45, 7) is 1.42. The van der Waals surface area contributed by atoms with E-state index in [1.165, 1.54) is 49.4 Å². The third kappa shape index (κ3) is 6.58. The highest BCUT2D eigenvalue weighted by Crippen LogP contribution is 2.36. The zero-order chi connectivity index (χ0) is 24.8. The van der Waals surface area contributed by atoms with Crippen LogP contribution in [0.15, 0.2) is 39.5 Å². The molecular weight excluding hydrogens is 516 g/mol. The Morgan fingerprint density at radius 2 is 2.29 bits per heavy atom. The molecule has 2 heterocycles. The lowest BCUT2D eigenvalue weighted by atomic mass is 10.3. The first-order valence-corrected chi connectivity index (χ1v) is 11.8. The number of halogens is 2. The first-order valence-electron chi connectivity index (χ1n) is 9.37. The van der Waals surface area contributed by atoms with Crippen molar-refractivity contribution in [3.05, 3.63) is 51.1 Å². The van der Waals surface area contributed by atoms with Crippen LogP contribution in [0.3, 0.4) is 0 Å². The first kappa shape index (κ1) is 25.7. The van der Waals surface area contributed by atoms with Crippen LogP contribution in [-0.4, -0.2) is 40.7 Å². The van der Waals surface area contributed by atoms with Gasteiger partial charge in [0.1, 0.15) is 12.6 Å². The van der Waals surface area contributed by atoms with Gasteiger partial charge in [0.05, 0.1) is 13.3 Å². The van der Waals surface area contributed by atoms with Gasteiger partial charge in [0.15, 0.2) is 22.8 Å². The lowest BCUT2D eigenvalue weighted by molar-refractivity contribution is -0.169. The average Bonchev–Trinajstić information content (AvgIpc) is 3.28. The molecule has 182 valence electrons. The van der Waals surface area contributed by atoms with Crippen molar-refractivity contribution in [2.45, 2.75) is 18.4 Å². The molecule has 0 aliphatic carbocycles. The number of anilines is 1. The van der Waals surface area contributed by atoms with E-state index in [4.69, 9.17) is 31.3 Å². The van der Waals surface area contributed by atoms with Crippen molar-refractivity contribution < 1.29 is 32.8 Å². The number of methoxy groups -OCH3 is 1. The monoisotopic (exact) mass is 533 g/mol. The number of carbonyl (C=O) groups excluding carboxylic acids is 1. The molecule has 3 atom stereocenters. The predicted molar refractivity (Wildman–Crippen MR) is 121 cm³/mol. The molecule has 0 bridgehead atoms. The number of aromatic nitrogens is 2. The van der Waals surface area contributed by atoms with E-state index in [0.29, 0.717) is 5.02 Å². The van der Waals surface area contributed by atoms with Gasteiger partial charge in [0.2, 0.25) is 11.6 Å². The van der Waals surface area contributed by atoms with Gasteiger partial charge in [-0.2, -0.15) is 10.4 Å². The maximum atomic E-state index is 13.7. The van der Waals surface area contributed by atoms with E-state index in [0.717, 1.165) is 10.8 Å². The van der Waals surface area contributed by atoms with Crippen LogP contribution >= 0.6 is 31.5 Å². The molecule has 1 aromatic heterocycles. The van der Waals surface area contributed by atoms with E-state index in [1.807, 2.05) is 0 Å². The number of nitrogens with one attached hydrogen (secondary N) is 1. The zero-order valence-corrected chi connectivity index (χ0v) is 20.1. The summed E-state index contributed by atoms with van der Waals surface area (Å²) in [5, 5.41) is 1.81. The normalized spacial score (nSPS) is 16.4. The summed E-state index contributed by atoms with van der Waals surface area (Å²) < 4.78 is 35.7. The number of hydrogen-bond acceptors (Lipinski definition) is 11. The Morgan fingerprint density at radius 1 is 1.53 bits per heavy atom. The fraction of sp³-hybridized carbons (Fsp3) is 0.278. The molecule has 3 rings (SSSR count). The second-order valence-electron chi connectivity index (χ2n) is 6.47. The van der Waals surface area contributed by atoms with Crippen molar-refractivity contribution in [2.75, 3.05) is 19.5 Å². The van der Waals surface area contributed by atoms with Crippen LogP contribution in [0.1, 0.15) is 6.92 Å². The van der Waals surface area contributed by atoms with Gasteiger partial charge in [-0.25, -0.2) is 13.8 Å². The predicted octanol–water partition coefficient (Wildman–Crippen LogP) is 1.84. The van der Waals surface area contributed by atoms with Crippen LogP contribution in [0.4, 0.5) is 10.2 Å². The number of carbonyl (C=O) groups is 1. The molecule has 1 aliphatic rings. The quantitative estimate of drug-likeness (QED) is 0.275. The summed E-state index contributed by atoms with van der Waals surface area (Å²) in [6.07, 6.45) is 0.873. The summed E-state index contributed by atoms with van der Waals surface area (Å²) >= 11 is 7.19. The molecule has 34 heavy (non-hydrogen) atoms. The maximum absolute atomic E-state index is 13.7. The maximum Gasteiger partial charge on any atom is 0.412 e. The Morgan fingerprint density at radius 3 is 3.03 bits per heavy atom. The van der Waals surface area contributed by atoms with Crippen LogP contribution < -0.4 is 31.0 Å². The fourth-order valence-electron chi connectivity index (χ4n) is 2.41. The Kier molecular flexibility index (Phi) is 8.69. The number of rotatable bonds is 9. The summed E-state index contributed by atoms with van der Waals surface area (Å²) in [4.78, 5) is 42.4. The molecule has 0 spiro atoms. The summed E-state index contributed by atoms with van der Waals surface area (Å²) in [5.41, 5.74) is 6.23. The topological polar surface area (TPSA) is 162 Å². The molecule has 1 unspecified atom stereocenters. The third-order valence-corrected chi connectivity index (χ3v) is 5.80. The van der Waals surface area contributed by atoms with E-state index in [2.05, 4.69) is 20.0 Å². The molecule has 1 aliphatic heterocycles. The van der Waals surface area contributed by atoms with Crippen molar-refractivity contribution in [1.29, 1.82) is 0 Å². The van der Waals surface area contributed by atoms with Crippen molar-refractivity contribution in [1.82, 2.24) is 15.0 Å². The number of esters is 1. The molecule has 0 amide bonds. The number of hydrogen-bond donors (Lipinski definition) is 2. The van der Waals surface area contributed by atoms with E-state index in [-0.39, 0.29) is 24.0 Å². The zero-order valence-electron chi connectivity index (χ0n) is 17.6. The summed E-state index contributed by atoms with van der Waals surface area (Å²) in [5.74, 6) is -1.72. The number of benzene rings is 1. The standard InChI is InChI=1S/C18H18ClFN5O7PS/c1-9(17(26)29-2)23-24-33(28)32-12-4-3-10(19)5-13(12)30-7-15-31-14(8-34-15)25-6-11(20)16(21)22-18(25)27/h3-6,8-9,15,23H,7H2,1-2H3,(H2,21,22,27)/t9-,15-/m0/s1. The largest absolute Gasteiger partial charge is 0.574 e. The van der Waals surface area contributed by atoms with Gasteiger partial charge < -0.3 is 24.8 Å². The van der Waals surface area contributed by atoms with Gasteiger partial charge in [0, 0.05) is 21.4 Å². The van der Waals surface area contributed by atoms with E-state index < -0.39 is 42.9 Å². The van der Waals surface area contributed by atoms with Gasteiger partial charge >= 0.3 is 19.8 Å². The van der Waals surface area contributed by atoms with Crippen LogP contribution in [0.2, 0.25) is 5.02 Å². The van der Waals surface area contributed by atoms with Crippen LogP contribution in [-0.2, 0) is 14.3 Å². The molecule has 12 nitrogen and oxygen atoms in total. The van der Waals surface area contributed by atoms with Gasteiger partial charge in [0.25, 0.3) is 0 Å². The SMILES string of the molecule is COC(=O)[C@H](C)N/N=[P+](\[O-])Oc1ccc(Cl)cc1OC[C@H]1OC(n2cc(F)c(N)nc2=O)=CS1. The molecule has 0 saturated carbocycles. The van der Waals surface area contributed by atoms with Gasteiger partial charge in [-0.1, -0.05) is 23.4 Å². The smallest absolute Gasteiger partial charge is 0.412 e. The number of nitrogen functional groups attached to an aromatic ring is 1. The van der Waals surface area contributed by atoms with Crippen molar-refractivity contribution >= 4 is 49.2 Å². The Labute approximate surface area is 202 Å². The lowest BCUT2D eigenvalue weighted by Crippen LogP contribution is -2.31. The van der Waals surface area contributed by atoms with E-state index >= 15 is 0 Å². The first-order chi connectivity index (χ1) is 16.2. The Hall–Kier alpha value is -2.90. The second-order valence-corrected chi connectivity index (χ2v) is 8.80. The highest BCUT2D eigenvalue weighted by Gasteiger charge is 2.24. The molecule has 0 saturated heterocycles. The number of nitrogens with two attached hydrogens (primary N) is 1. The minimum Gasteiger partial charge on any atom is -0.574 e. The fourth-order valence-corrected chi connectivity index (χ4v) is 3.94. The van der Waals surface area contributed by atoms with Gasteiger partial charge in [-0.05, 0) is 19.1 Å². The summed E-state index contributed by atoms with van der Waals surface area (Å²) in [6, 6.07) is 3.53. The highest BCUT2D eigenvalue weighted by molar-refractivity contribution is 8.03. The number of nitrogens with zero attached hydrogens (tertiary/aromatic N) is 3. The van der Waals surface area contributed by atoms with E-state index in [9.17, 15) is 18.9 Å². The summed E-state index contributed by atoms with van der Waals surface area (Å²) in [7, 11) is -1.41. The Bertz CT molecular complexity index is 1200. The molecule has 16 heteroatoms. The van der Waals surface area contributed by atoms with Crippen LogP contribution in [0, 0.1) is 5.82 Å². The van der Waals surface area contributed by atoms with Crippen molar-refractivity contribution in [2.24, 2.45) is 4.85 Å². The van der Waals surface area contributed by atoms with Gasteiger partial charge in [-0.15, -0.1) is 0 Å². The van der Waals surface area contributed by atoms with E-state index in [1.54, 1.807) is 0 Å². The van der Waals surface area contributed by atoms with Crippen molar-refractivity contribution in [3.8, 4) is 11.5 Å². The molecule has 3 N–H and O–H groups in total. The van der Waals surface area contributed by atoms with Crippen molar-refractivity contribution in [3.63, 3.8) is 0 Å². The van der Waals surface area contributed by atoms with Crippen LogP contribution in [0.5, 0.6) is 11.5 Å². The number of thioether (sulfide) groups is 1. The highest BCUT2D eigenvalue weighted by atomic mass is 35.5. The average molecular weight is 534 g/mol. The molecule has 0 fully saturated rings. The Balaban J connectivity index is 1.63. The second kappa shape index (κ2) is 11.5. The minimum atomic E-state index is -2.62. The molecule has 1 aromatic carbocycles. The molecule has 0 radical (unpaired) electrons.